The average molecular weight is 397 g/mol. The van der Waals surface area contributed by atoms with E-state index in [9.17, 15) is 0 Å². The Kier molecular flexibility index (Phi) is 8.34. The highest BCUT2D eigenvalue weighted by molar-refractivity contribution is 5.79. The summed E-state index contributed by atoms with van der Waals surface area (Å²) in [5, 5.41) is 6.80. The maximum atomic E-state index is 5.78. The number of hydrogen-bond acceptors (Lipinski definition) is 4. The van der Waals surface area contributed by atoms with Crippen LogP contribution in [0.3, 0.4) is 0 Å². The molecule has 1 heterocycles. The number of hydrogen-bond donors (Lipinski definition) is 2. The normalized spacial score (nSPS) is 16.3. The van der Waals surface area contributed by atoms with E-state index in [1.165, 1.54) is 11.1 Å². The number of benzene rings is 2. The van der Waals surface area contributed by atoms with Gasteiger partial charge in [-0.2, -0.15) is 0 Å². The van der Waals surface area contributed by atoms with Gasteiger partial charge in [0, 0.05) is 26.7 Å². The van der Waals surface area contributed by atoms with Crippen LogP contribution in [0.5, 0.6) is 5.75 Å². The molecule has 0 aliphatic carbocycles. The number of nitrogens with zero attached hydrogens (tertiary/aromatic N) is 2. The Bertz CT molecular complexity index is 743. The third kappa shape index (κ3) is 6.76. The monoisotopic (exact) mass is 396 g/mol. The zero-order valence-electron chi connectivity index (χ0n) is 17.4. The summed E-state index contributed by atoms with van der Waals surface area (Å²) in [7, 11) is 1.79. The molecule has 156 valence electrons. The maximum absolute atomic E-state index is 5.78. The number of ether oxygens (including phenoxy) is 2. The number of rotatable bonds is 8. The van der Waals surface area contributed by atoms with Crippen molar-refractivity contribution >= 4 is 5.96 Å². The van der Waals surface area contributed by atoms with Crippen molar-refractivity contribution in [2.75, 3.05) is 53.0 Å². The van der Waals surface area contributed by atoms with Gasteiger partial charge in [0.15, 0.2) is 5.96 Å². The largest absolute Gasteiger partial charge is 0.492 e. The molecule has 1 unspecified atom stereocenters. The van der Waals surface area contributed by atoms with E-state index in [1.807, 2.05) is 12.1 Å². The lowest BCUT2D eigenvalue weighted by atomic mass is 10.0. The Morgan fingerprint density at radius 2 is 1.79 bits per heavy atom. The summed E-state index contributed by atoms with van der Waals surface area (Å²) in [6.07, 6.45) is 0. The SMILES string of the molecule is CN=C(NCCOc1ccc(C)cc1)NCC(c1ccccc1)N1CCOCC1. The van der Waals surface area contributed by atoms with Gasteiger partial charge in [0.2, 0.25) is 0 Å². The fourth-order valence-corrected chi connectivity index (χ4v) is 3.41. The van der Waals surface area contributed by atoms with Crippen LogP contribution < -0.4 is 15.4 Å². The van der Waals surface area contributed by atoms with Crippen molar-refractivity contribution in [2.45, 2.75) is 13.0 Å². The zero-order valence-corrected chi connectivity index (χ0v) is 17.4. The summed E-state index contributed by atoms with van der Waals surface area (Å²) < 4.78 is 11.3. The number of aliphatic imine (C=N–C) groups is 1. The number of morpholine rings is 1. The second-order valence-electron chi connectivity index (χ2n) is 7.12. The minimum Gasteiger partial charge on any atom is -0.492 e. The Balaban J connectivity index is 1.48. The fourth-order valence-electron chi connectivity index (χ4n) is 3.41. The minimum absolute atomic E-state index is 0.280. The first-order valence-corrected chi connectivity index (χ1v) is 10.3. The lowest BCUT2D eigenvalue weighted by molar-refractivity contribution is 0.0170. The van der Waals surface area contributed by atoms with Gasteiger partial charge in [-0.3, -0.25) is 9.89 Å². The van der Waals surface area contributed by atoms with Crippen molar-refractivity contribution in [1.82, 2.24) is 15.5 Å². The molecule has 1 aliphatic rings. The van der Waals surface area contributed by atoms with Crippen molar-refractivity contribution in [2.24, 2.45) is 4.99 Å². The molecule has 0 spiro atoms. The summed E-state index contributed by atoms with van der Waals surface area (Å²) in [4.78, 5) is 6.82. The van der Waals surface area contributed by atoms with Gasteiger partial charge in [-0.1, -0.05) is 48.0 Å². The van der Waals surface area contributed by atoms with Crippen LogP contribution in [0, 0.1) is 6.92 Å². The molecule has 3 rings (SSSR count). The van der Waals surface area contributed by atoms with E-state index in [1.54, 1.807) is 7.05 Å². The molecule has 2 N–H and O–H groups in total. The smallest absolute Gasteiger partial charge is 0.191 e. The van der Waals surface area contributed by atoms with Crippen LogP contribution in [0.2, 0.25) is 0 Å². The van der Waals surface area contributed by atoms with E-state index in [-0.39, 0.29) is 6.04 Å². The Morgan fingerprint density at radius 1 is 1.07 bits per heavy atom. The maximum Gasteiger partial charge on any atom is 0.191 e. The molecule has 1 fully saturated rings. The van der Waals surface area contributed by atoms with Gasteiger partial charge in [-0.15, -0.1) is 0 Å². The van der Waals surface area contributed by atoms with Crippen LogP contribution in [0.1, 0.15) is 17.2 Å². The molecular weight excluding hydrogens is 364 g/mol. The number of nitrogens with one attached hydrogen (secondary N) is 2. The molecule has 29 heavy (non-hydrogen) atoms. The van der Waals surface area contributed by atoms with E-state index in [0.29, 0.717) is 13.2 Å². The molecule has 6 heteroatoms. The van der Waals surface area contributed by atoms with Crippen LogP contribution in [0.4, 0.5) is 0 Å². The van der Waals surface area contributed by atoms with Gasteiger partial charge in [0.05, 0.1) is 25.8 Å². The topological polar surface area (TPSA) is 58.1 Å². The third-order valence-electron chi connectivity index (χ3n) is 5.04. The summed E-state index contributed by atoms with van der Waals surface area (Å²) in [6, 6.07) is 19.0. The van der Waals surface area contributed by atoms with Crippen LogP contribution in [-0.2, 0) is 4.74 Å². The predicted molar refractivity (Wildman–Crippen MR) is 118 cm³/mol. The van der Waals surface area contributed by atoms with Crippen LogP contribution >= 0.6 is 0 Å². The van der Waals surface area contributed by atoms with Crippen LogP contribution in [0.15, 0.2) is 59.6 Å². The van der Waals surface area contributed by atoms with Gasteiger partial charge in [0.1, 0.15) is 12.4 Å². The standard InChI is InChI=1S/C23H32N4O2/c1-19-8-10-21(11-9-19)29-15-12-25-23(24-2)26-18-22(20-6-4-3-5-7-20)27-13-16-28-17-14-27/h3-11,22H,12-18H2,1-2H3,(H2,24,25,26). The molecule has 1 saturated heterocycles. The van der Waals surface area contributed by atoms with Gasteiger partial charge >= 0.3 is 0 Å². The molecule has 2 aromatic carbocycles. The summed E-state index contributed by atoms with van der Waals surface area (Å²) in [5.41, 5.74) is 2.54. The molecule has 0 aromatic heterocycles. The first kappa shape index (κ1) is 21.1. The van der Waals surface area contributed by atoms with Crippen molar-refractivity contribution < 1.29 is 9.47 Å². The molecule has 1 aliphatic heterocycles. The molecule has 1 atom stereocenters. The third-order valence-corrected chi connectivity index (χ3v) is 5.04. The van der Waals surface area contributed by atoms with Gasteiger partial charge < -0.3 is 20.1 Å². The Morgan fingerprint density at radius 3 is 2.48 bits per heavy atom. The minimum atomic E-state index is 0.280. The second-order valence-corrected chi connectivity index (χ2v) is 7.12. The Hall–Kier alpha value is -2.57. The van der Waals surface area contributed by atoms with Crippen LogP contribution in [0.25, 0.3) is 0 Å². The molecular formula is C23H32N4O2. The average Bonchev–Trinajstić information content (AvgIpc) is 2.78. The highest BCUT2D eigenvalue weighted by Gasteiger charge is 2.22. The van der Waals surface area contributed by atoms with Crippen molar-refractivity contribution in [3.63, 3.8) is 0 Å². The number of guanidine groups is 1. The zero-order chi connectivity index (χ0) is 20.3. The van der Waals surface area contributed by atoms with Crippen LogP contribution in [-0.4, -0.2) is 63.9 Å². The quantitative estimate of drug-likeness (QED) is 0.408. The lowest BCUT2D eigenvalue weighted by Crippen LogP contribution is -2.46. The molecule has 0 amide bonds. The second kappa shape index (κ2) is 11.4. The van der Waals surface area contributed by atoms with E-state index >= 15 is 0 Å². The van der Waals surface area contributed by atoms with E-state index in [0.717, 1.165) is 44.6 Å². The lowest BCUT2D eigenvalue weighted by Gasteiger charge is -2.35. The molecule has 0 bridgehead atoms. The first-order valence-electron chi connectivity index (χ1n) is 10.3. The van der Waals surface area contributed by atoms with E-state index in [2.05, 4.69) is 69.9 Å². The van der Waals surface area contributed by atoms with Gasteiger partial charge in [-0.05, 0) is 24.6 Å². The summed E-state index contributed by atoms with van der Waals surface area (Å²) in [6.45, 7) is 7.56. The van der Waals surface area contributed by atoms with Crippen molar-refractivity contribution in [3.05, 3.63) is 65.7 Å². The molecule has 0 saturated carbocycles. The summed E-state index contributed by atoms with van der Waals surface area (Å²) >= 11 is 0. The van der Waals surface area contributed by atoms with E-state index < -0.39 is 0 Å². The Labute approximate surface area is 173 Å². The fraction of sp³-hybridized carbons (Fsp3) is 0.435. The van der Waals surface area contributed by atoms with Gasteiger partial charge in [0.25, 0.3) is 0 Å². The molecule has 2 aromatic rings. The summed E-state index contributed by atoms with van der Waals surface area (Å²) in [5.74, 6) is 1.67. The van der Waals surface area contributed by atoms with Gasteiger partial charge in [-0.25, -0.2) is 0 Å². The van der Waals surface area contributed by atoms with E-state index in [4.69, 9.17) is 9.47 Å². The number of aryl methyl sites for hydroxylation is 1. The highest BCUT2D eigenvalue weighted by Crippen LogP contribution is 2.21. The van der Waals surface area contributed by atoms with Crippen molar-refractivity contribution in [3.8, 4) is 5.75 Å². The molecule has 6 nitrogen and oxygen atoms in total. The molecule has 0 radical (unpaired) electrons. The van der Waals surface area contributed by atoms with Crippen molar-refractivity contribution in [1.29, 1.82) is 0 Å². The first-order chi connectivity index (χ1) is 14.3. The predicted octanol–water partition coefficient (Wildman–Crippen LogP) is 2.61. The highest BCUT2D eigenvalue weighted by atomic mass is 16.5.